The summed E-state index contributed by atoms with van der Waals surface area (Å²) in [7, 11) is -3.42. The molecule has 1 aliphatic rings. The Morgan fingerprint density at radius 2 is 1.79 bits per heavy atom. The molecule has 5 nitrogen and oxygen atoms in total. The summed E-state index contributed by atoms with van der Waals surface area (Å²) in [6, 6.07) is 8.87. The maximum Gasteiger partial charge on any atom is 0.240 e. The monoisotopic (exact) mass is 354 g/mol. The fraction of sp³-hybridized carbons (Fsp3) is 0.667. The van der Waals surface area contributed by atoms with Gasteiger partial charge in [0.1, 0.15) is 0 Å². The van der Waals surface area contributed by atoms with Crippen LogP contribution >= 0.6 is 0 Å². The lowest BCUT2D eigenvalue weighted by molar-refractivity contribution is -0.137. The smallest absolute Gasteiger partial charge is 0.240 e. The van der Waals surface area contributed by atoms with Crippen molar-refractivity contribution >= 4 is 10.0 Å². The summed E-state index contributed by atoms with van der Waals surface area (Å²) in [6.45, 7) is 8.21. The van der Waals surface area contributed by atoms with Gasteiger partial charge in [0.05, 0.1) is 11.0 Å². The lowest BCUT2D eigenvalue weighted by Gasteiger charge is -2.55. The molecule has 1 fully saturated rings. The van der Waals surface area contributed by atoms with Gasteiger partial charge in [-0.1, -0.05) is 32.0 Å². The van der Waals surface area contributed by atoms with Crippen molar-refractivity contribution in [2.24, 2.45) is 5.41 Å². The van der Waals surface area contributed by atoms with Crippen molar-refractivity contribution < 1.29 is 13.2 Å². The van der Waals surface area contributed by atoms with Crippen LogP contribution in [0.1, 0.15) is 40.0 Å². The van der Waals surface area contributed by atoms with Crippen LogP contribution in [-0.2, 0) is 14.8 Å². The van der Waals surface area contributed by atoms with Crippen molar-refractivity contribution in [2.45, 2.75) is 57.1 Å². The van der Waals surface area contributed by atoms with Crippen LogP contribution in [0.2, 0.25) is 0 Å². The van der Waals surface area contributed by atoms with Gasteiger partial charge in [0.15, 0.2) is 0 Å². The van der Waals surface area contributed by atoms with E-state index in [0.717, 1.165) is 25.9 Å². The van der Waals surface area contributed by atoms with E-state index in [1.165, 1.54) is 0 Å². The molecule has 0 radical (unpaired) electrons. The Labute approximate surface area is 146 Å². The van der Waals surface area contributed by atoms with Gasteiger partial charge in [-0.05, 0) is 38.3 Å². The fourth-order valence-corrected chi connectivity index (χ4v) is 4.83. The number of hydrogen-bond donors (Lipinski definition) is 2. The maximum atomic E-state index is 12.2. The minimum atomic E-state index is -3.42. The van der Waals surface area contributed by atoms with Crippen molar-refractivity contribution in [3.8, 4) is 0 Å². The van der Waals surface area contributed by atoms with E-state index < -0.39 is 10.0 Å². The average Bonchev–Trinajstić information content (AvgIpc) is 2.58. The van der Waals surface area contributed by atoms with Crippen LogP contribution in [-0.4, -0.2) is 40.3 Å². The number of rotatable bonds is 10. The summed E-state index contributed by atoms with van der Waals surface area (Å²) in [5.74, 6) is 0. The first-order chi connectivity index (χ1) is 11.5. The van der Waals surface area contributed by atoms with Crippen molar-refractivity contribution in [1.29, 1.82) is 0 Å². The first-order valence-electron chi connectivity index (χ1n) is 8.89. The van der Waals surface area contributed by atoms with Crippen LogP contribution in [0.25, 0.3) is 0 Å². The maximum absolute atomic E-state index is 12.2. The third-order valence-electron chi connectivity index (χ3n) is 5.33. The van der Waals surface area contributed by atoms with Crippen LogP contribution in [0, 0.1) is 5.41 Å². The van der Waals surface area contributed by atoms with Crippen molar-refractivity contribution in [3.63, 3.8) is 0 Å². The van der Waals surface area contributed by atoms with E-state index in [1.54, 1.807) is 30.3 Å². The molecule has 136 valence electrons. The summed E-state index contributed by atoms with van der Waals surface area (Å²) in [5, 5.41) is 3.52. The van der Waals surface area contributed by atoms with Crippen molar-refractivity contribution in [3.05, 3.63) is 30.3 Å². The molecule has 0 amide bonds. The highest BCUT2D eigenvalue weighted by molar-refractivity contribution is 7.89. The number of benzene rings is 1. The van der Waals surface area contributed by atoms with Gasteiger partial charge in [-0.25, -0.2) is 13.1 Å². The highest BCUT2D eigenvalue weighted by Crippen LogP contribution is 2.48. The molecule has 0 spiro atoms. The SMILES string of the molecule is CCOC1CC(NCCNS(=O)(=O)c2ccccc2)C1(CC)CC. The second-order valence-electron chi connectivity index (χ2n) is 6.34. The molecule has 2 N–H and O–H groups in total. The standard InChI is InChI=1S/C18H30N2O3S/c1-4-18(5-2)16(14-17(18)23-6-3)19-12-13-20-24(21,22)15-10-8-7-9-11-15/h7-11,16-17,19-20H,4-6,12-14H2,1-3H3. The topological polar surface area (TPSA) is 67.4 Å². The molecule has 1 saturated carbocycles. The first-order valence-corrected chi connectivity index (χ1v) is 10.4. The predicted octanol–water partition coefficient (Wildman–Crippen LogP) is 2.54. The lowest BCUT2D eigenvalue weighted by Crippen LogP contribution is -2.64. The van der Waals surface area contributed by atoms with Crippen LogP contribution in [0.4, 0.5) is 0 Å². The summed E-state index contributed by atoms with van der Waals surface area (Å²) in [4.78, 5) is 0.307. The molecule has 0 aromatic heterocycles. The van der Waals surface area contributed by atoms with E-state index >= 15 is 0 Å². The van der Waals surface area contributed by atoms with Crippen LogP contribution in [0.15, 0.2) is 35.2 Å². The second kappa shape index (κ2) is 8.43. The van der Waals surface area contributed by atoms with Gasteiger partial charge in [0.2, 0.25) is 10.0 Å². The summed E-state index contributed by atoms with van der Waals surface area (Å²) >= 11 is 0. The third-order valence-corrected chi connectivity index (χ3v) is 6.81. The highest BCUT2D eigenvalue weighted by atomic mass is 32.2. The van der Waals surface area contributed by atoms with E-state index in [1.807, 2.05) is 6.92 Å². The molecule has 1 aromatic carbocycles. The Hall–Kier alpha value is -0.950. The van der Waals surface area contributed by atoms with Gasteiger partial charge in [-0.15, -0.1) is 0 Å². The minimum Gasteiger partial charge on any atom is -0.378 e. The Morgan fingerprint density at radius 3 is 2.38 bits per heavy atom. The van der Waals surface area contributed by atoms with Crippen LogP contribution in [0.5, 0.6) is 0 Å². The predicted molar refractivity (Wildman–Crippen MR) is 96.5 cm³/mol. The first kappa shape index (κ1) is 19.4. The Morgan fingerprint density at radius 1 is 1.12 bits per heavy atom. The lowest BCUT2D eigenvalue weighted by atomic mass is 9.58. The molecule has 2 rings (SSSR count). The zero-order chi connectivity index (χ0) is 17.6. The van der Waals surface area contributed by atoms with E-state index in [0.29, 0.717) is 30.1 Å². The van der Waals surface area contributed by atoms with E-state index in [9.17, 15) is 8.42 Å². The molecule has 0 aliphatic heterocycles. The molecule has 24 heavy (non-hydrogen) atoms. The molecular weight excluding hydrogens is 324 g/mol. The Kier molecular flexibility index (Phi) is 6.80. The second-order valence-corrected chi connectivity index (χ2v) is 8.10. The molecule has 2 atom stereocenters. The number of hydrogen-bond acceptors (Lipinski definition) is 4. The van der Waals surface area contributed by atoms with Gasteiger partial charge in [-0.2, -0.15) is 0 Å². The van der Waals surface area contributed by atoms with Crippen molar-refractivity contribution in [1.82, 2.24) is 10.0 Å². The van der Waals surface area contributed by atoms with Gasteiger partial charge >= 0.3 is 0 Å². The molecule has 6 heteroatoms. The largest absolute Gasteiger partial charge is 0.378 e. The molecule has 0 saturated heterocycles. The average molecular weight is 355 g/mol. The molecule has 1 aromatic rings. The van der Waals surface area contributed by atoms with E-state index in [4.69, 9.17) is 4.74 Å². The molecule has 2 unspecified atom stereocenters. The zero-order valence-electron chi connectivity index (χ0n) is 14.9. The van der Waals surface area contributed by atoms with Crippen LogP contribution < -0.4 is 10.0 Å². The number of ether oxygens (including phenoxy) is 1. The van der Waals surface area contributed by atoms with Gasteiger partial charge in [0, 0.05) is 31.2 Å². The molecular formula is C18H30N2O3S. The third kappa shape index (κ3) is 3.99. The minimum absolute atomic E-state index is 0.175. The summed E-state index contributed by atoms with van der Waals surface area (Å²) < 4.78 is 32.9. The Bertz CT molecular complexity index is 600. The van der Waals surface area contributed by atoms with Crippen molar-refractivity contribution in [2.75, 3.05) is 19.7 Å². The van der Waals surface area contributed by atoms with Gasteiger partial charge in [0.25, 0.3) is 0 Å². The van der Waals surface area contributed by atoms with Crippen LogP contribution in [0.3, 0.4) is 0 Å². The number of sulfonamides is 1. The van der Waals surface area contributed by atoms with E-state index in [-0.39, 0.29) is 5.41 Å². The number of nitrogens with one attached hydrogen (secondary N) is 2. The quantitative estimate of drug-likeness (QED) is 0.634. The van der Waals surface area contributed by atoms with Gasteiger partial charge in [-0.3, -0.25) is 0 Å². The normalized spacial score (nSPS) is 23.0. The zero-order valence-corrected chi connectivity index (χ0v) is 15.7. The molecule has 1 aliphatic carbocycles. The molecule has 0 heterocycles. The summed E-state index contributed by atoms with van der Waals surface area (Å²) in [5.41, 5.74) is 0.175. The molecule has 0 bridgehead atoms. The van der Waals surface area contributed by atoms with Gasteiger partial charge < -0.3 is 10.1 Å². The highest BCUT2D eigenvalue weighted by Gasteiger charge is 2.52. The van der Waals surface area contributed by atoms with E-state index in [2.05, 4.69) is 23.9 Å². The summed E-state index contributed by atoms with van der Waals surface area (Å²) in [6.07, 6.45) is 3.46. The Balaban J connectivity index is 1.82. The fourth-order valence-electron chi connectivity index (χ4n) is 3.78.